The molecule has 1 aromatic heterocycles. The average molecular weight is 325 g/mol. The van der Waals surface area contributed by atoms with Crippen molar-refractivity contribution in [3.8, 4) is 11.5 Å². The van der Waals surface area contributed by atoms with Gasteiger partial charge in [0.15, 0.2) is 0 Å². The zero-order valence-electron chi connectivity index (χ0n) is 12.1. The lowest BCUT2D eigenvalue weighted by molar-refractivity contribution is 0.102. The van der Waals surface area contributed by atoms with E-state index < -0.39 is 0 Å². The first kappa shape index (κ1) is 15.1. The molecule has 0 aliphatic rings. The van der Waals surface area contributed by atoms with Crippen molar-refractivity contribution in [2.45, 2.75) is 0 Å². The van der Waals surface area contributed by atoms with Gasteiger partial charge in [-0.05, 0) is 60.7 Å². The number of halogens is 1. The fourth-order valence-electron chi connectivity index (χ4n) is 1.95. The number of nitrogens with one attached hydrogen (secondary N) is 1. The van der Waals surface area contributed by atoms with Gasteiger partial charge in [0.05, 0.1) is 5.56 Å². The number of amides is 1. The number of carbonyl (C=O) groups excluding carboxylic acids is 1. The van der Waals surface area contributed by atoms with Crippen molar-refractivity contribution in [1.29, 1.82) is 0 Å². The molecule has 0 atom stereocenters. The van der Waals surface area contributed by atoms with Crippen LogP contribution in [-0.2, 0) is 0 Å². The summed E-state index contributed by atoms with van der Waals surface area (Å²) in [5, 5.41) is 3.46. The van der Waals surface area contributed by atoms with Gasteiger partial charge >= 0.3 is 0 Å². The minimum Gasteiger partial charge on any atom is -0.457 e. The molecule has 5 heteroatoms. The Morgan fingerprint density at radius 3 is 2.22 bits per heavy atom. The SMILES string of the molecule is O=C(Nc1ccc(Oc2ccc(Cl)cc2)cc1)c1cccnc1. The lowest BCUT2D eigenvalue weighted by Crippen LogP contribution is -2.11. The molecule has 114 valence electrons. The molecule has 0 aliphatic heterocycles. The van der Waals surface area contributed by atoms with Gasteiger partial charge in [0.25, 0.3) is 5.91 Å². The molecule has 1 N–H and O–H groups in total. The second kappa shape index (κ2) is 6.94. The molecule has 0 unspecified atom stereocenters. The van der Waals surface area contributed by atoms with E-state index in [-0.39, 0.29) is 5.91 Å². The molecule has 4 nitrogen and oxygen atoms in total. The summed E-state index contributed by atoms with van der Waals surface area (Å²) < 4.78 is 5.70. The Morgan fingerprint density at radius 1 is 0.957 bits per heavy atom. The van der Waals surface area contributed by atoms with Gasteiger partial charge in [-0.3, -0.25) is 9.78 Å². The quantitative estimate of drug-likeness (QED) is 0.751. The van der Waals surface area contributed by atoms with Crippen molar-refractivity contribution in [1.82, 2.24) is 4.98 Å². The predicted molar refractivity (Wildman–Crippen MR) is 90.2 cm³/mol. The maximum absolute atomic E-state index is 12.0. The molecule has 1 amide bonds. The average Bonchev–Trinajstić information content (AvgIpc) is 2.59. The van der Waals surface area contributed by atoms with Crippen LogP contribution in [-0.4, -0.2) is 10.9 Å². The zero-order valence-corrected chi connectivity index (χ0v) is 12.8. The number of carbonyl (C=O) groups is 1. The van der Waals surface area contributed by atoms with Crippen LogP contribution in [0.1, 0.15) is 10.4 Å². The van der Waals surface area contributed by atoms with E-state index in [9.17, 15) is 4.79 Å². The number of benzene rings is 2. The van der Waals surface area contributed by atoms with E-state index in [0.717, 1.165) is 0 Å². The van der Waals surface area contributed by atoms with Crippen LogP contribution in [0.4, 0.5) is 5.69 Å². The Labute approximate surface area is 138 Å². The second-order valence-electron chi connectivity index (χ2n) is 4.78. The van der Waals surface area contributed by atoms with Crippen LogP contribution >= 0.6 is 11.6 Å². The number of hydrogen-bond donors (Lipinski definition) is 1. The van der Waals surface area contributed by atoms with Crippen molar-refractivity contribution in [3.05, 3.63) is 83.6 Å². The minimum atomic E-state index is -0.204. The largest absolute Gasteiger partial charge is 0.457 e. The van der Waals surface area contributed by atoms with Crippen molar-refractivity contribution in [2.24, 2.45) is 0 Å². The molecular formula is C18H13ClN2O2. The third-order valence-corrected chi connectivity index (χ3v) is 3.34. The zero-order chi connectivity index (χ0) is 16.1. The first-order valence-electron chi connectivity index (χ1n) is 6.95. The van der Waals surface area contributed by atoms with E-state index in [4.69, 9.17) is 16.3 Å². The van der Waals surface area contributed by atoms with Gasteiger partial charge in [0.1, 0.15) is 11.5 Å². The van der Waals surface area contributed by atoms with E-state index in [1.807, 2.05) is 0 Å². The first-order chi connectivity index (χ1) is 11.2. The molecule has 0 radical (unpaired) electrons. The monoisotopic (exact) mass is 324 g/mol. The maximum atomic E-state index is 12.0. The van der Waals surface area contributed by atoms with Crippen LogP contribution in [0.5, 0.6) is 11.5 Å². The van der Waals surface area contributed by atoms with Gasteiger partial charge in [-0.25, -0.2) is 0 Å². The summed E-state index contributed by atoms with van der Waals surface area (Å²) >= 11 is 5.83. The molecule has 23 heavy (non-hydrogen) atoms. The van der Waals surface area contributed by atoms with Crippen LogP contribution < -0.4 is 10.1 Å². The first-order valence-corrected chi connectivity index (χ1v) is 7.33. The molecule has 0 saturated carbocycles. The van der Waals surface area contributed by atoms with Crippen LogP contribution in [0.2, 0.25) is 5.02 Å². The minimum absolute atomic E-state index is 0.204. The van der Waals surface area contributed by atoms with Gasteiger partial charge in [0.2, 0.25) is 0 Å². The molecule has 3 rings (SSSR count). The normalized spacial score (nSPS) is 10.1. The molecule has 1 heterocycles. The number of ether oxygens (including phenoxy) is 1. The Hall–Kier alpha value is -2.85. The number of aromatic nitrogens is 1. The number of hydrogen-bond acceptors (Lipinski definition) is 3. The predicted octanol–water partition coefficient (Wildman–Crippen LogP) is 4.78. The van der Waals surface area contributed by atoms with Crippen molar-refractivity contribution < 1.29 is 9.53 Å². The highest BCUT2D eigenvalue weighted by atomic mass is 35.5. The molecule has 0 fully saturated rings. The van der Waals surface area contributed by atoms with Gasteiger partial charge in [-0.1, -0.05) is 11.6 Å². The highest BCUT2D eigenvalue weighted by molar-refractivity contribution is 6.30. The van der Waals surface area contributed by atoms with Crippen LogP contribution in [0.15, 0.2) is 73.1 Å². The van der Waals surface area contributed by atoms with Crippen LogP contribution in [0.25, 0.3) is 0 Å². The van der Waals surface area contributed by atoms with Gasteiger partial charge in [-0.15, -0.1) is 0 Å². The number of anilines is 1. The number of rotatable bonds is 4. The molecule has 2 aromatic carbocycles. The fraction of sp³-hybridized carbons (Fsp3) is 0. The van der Waals surface area contributed by atoms with E-state index in [1.165, 1.54) is 6.20 Å². The summed E-state index contributed by atoms with van der Waals surface area (Å²) in [6.45, 7) is 0. The molecule has 0 bridgehead atoms. The standard InChI is InChI=1S/C18H13ClN2O2/c19-14-3-7-16(8-4-14)23-17-9-5-15(6-10-17)21-18(22)13-2-1-11-20-12-13/h1-12H,(H,21,22). The van der Waals surface area contributed by atoms with Crippen molar-refractivity contribution >= 4 is 23.2 Å². The smallest absolute Gasteiger partial charge is 0.257 e. The molecule has 0 spiro atoms. The number of nitrogens with zero attached hydrogens (tertiary/aromatic N) is 1. The Morgan fingerprint density at radius 2 is 1.61 bits per heavy atom. The van der Waals surface area contributed by atoms with Crippen molar-refractivity contribution in [2.75, 3.05) is 5.32 Å². The summed E-state index contributed by atoms with van der Waals surface area (Å²) in [6.07, 6.45) is 3.15. The molecule has 0 aliphatic carbocycles. The van der Waals surface area contributed by atoms with E-state index in [2.05, 4.69) is 10.3 Å². The highest BCUT2D eigenvalue weighted by Gasteiger charge is 2.06. The third-order valence-electron chi connectivity index (χ3n) is 3.09. The van der Waals surface area contributed by atoms with Gasteiger partial charge in [-0.2, -0.15) is 0 Å². The second-order valence-corrected chi connectivity index (χ2v) is 5.21. The fourth-order valence-corrected chi connectivity index (χ4v) is 2.07. The third kappa shape index (κ3) is 4.08. The molecule has 3 aromatic rings. The molecular weight excluding hydrogens is 312 g/mol. The van der Waals surface area contributed by atoms with Gasteiger partial charge < -0.3 is 10.1 Å². The lowest BCUT2D eigenvalue weighted by atomic mass is 10.2. The summed E-state index contributed by atoms with van der Waals surface area (Å²) in [4.78, 5) is 16.0. The molecule has 0 saturated heterocycles. The topological polar surface area (TPSA) is 51.2 Å². The Bertz CT molecular complexity index is 788. The summed E-state index contributed by atoms with van der Waals surface area (Å²) in [7, 11) is 0. The van der Waals surface area contributed by atoms with E-state index >= 15 is 0 Å². The van der Waals surface area contributed by atoms with E-state index in [0.29, 0.717) is 27.8 Å². The Balaban J connectivity index is 1.65. The maximum Gasteiger partial charge on any atom is 0.257 e. The lowest BCUT2D eigenvalue weighted by Gasteiger charge is -2.08. The Kier molecular flexibility index (Phi) is 4.54. The highest BCUT2D eigenvalue weighted by Crippen LogP contribution is 2.24. The van der Waals surface area contributed by atoms with Gasteiger partial charge in [0, 0.05) is 23.1 Å². The summed E-state index contributed by atoms with van der Waals surface area (Å²) in [5.74, 6) is 1.16. The van der Waals surface area contributed by atoms with Crippen molar-refractivity contribution in [3.63, 3.8) is 0 Å². The number of pyridine rings is 1. The van der Waals surface area contributed by atoms with Crippen LogP contribution in [0.3, 0.4) is 0 Å². The summed E-state index contributed by atoms with van der Waals surface area (Å²) in [5.41, 5.74) is 1.19. The summed E-state index contributed by atoms with van der Waals surface area (Å²) in [6, 6.07) is 17.7. The van der Waals surface area contributed by atoms with Crippen LogP contribution in [0, 0.1) is 0 Å². The van der Waals surface area contributed by atoms with E-state index in [1.54, 1.807) is 66.9 Å².